The summed E-state index contributed by atoms with van der Waals surface area (Å²) in [6, 6.07) is 7.01. The maximum atomic E-state index is 12.6. The van der Waals surface area contributed by atoms with E-state index in [4.69, 9.17) is 21.1 Å². The van der Waals surface area contributed by atoms with Gasteiger partial charge in [-0.2, -0.15) is 5.11 Å². The number of halogens is 1. The van der Waals surface area contributed by atoms with Crippen LogP contribution in [0.1, 0.15) is 13.8 Å². The fourth-order valence-electron chi connectivity index (χ4n) is 2.40. The number of nitrogens with one attached hydrogen (secondary N) is 1. The first-order chi connectivity index (χ1) is 14.3. The molecule has 30 heavy (non-hydrogen) atoms. The second kappa shape index (κ2) is 10.3. The molecule has 0 aliphatic heterocycles. The smallest absolute Gasteiger partial charge is 0.298 e. The highest BCUT2D eigenvalue weighted by atomic mass is 35.5. The molecule has 1 atom stereocenters. The van der Waals surface area contributed by atoms with Gasteiger partial charge < -0.3 is 14.8 Å². The highest BCUT2D eigenvalue weighted by Gasteiger charge is 2.25. The molecule has 0 saturated heterocycles. The molecule has 0 spiro atoms. The molecule has 0 aliphatic rings. The average Bonchev–Trinajstić information content (AvgIpc) is 2.70. The summed E-state index contributed by atoms with van der Waals surface area (Å²) in [5.74, 6) is -0.504. The van der Waals surface area contributed by atoms with Crippen LogP contribution >= 0.6 is 11.6 Å². The first kappa shape index (κ1) is 22.8. The molecule has 0 heterocycles. The second-order valence-corrected chi connectivity index (χ2v) is 6.34. The number of hydrogen-bond donors (Lipinski definition) is 1. The normalized spacial score (nSPS) is 11.7. The number of nitro groups is 1. The molecule has 158 valence electrons. The van der Waals surface area contributed by atoms with E-state index >= 15 is 0 Å². The van der Waals surface area contributed by atoms with Gasteiger partial charge in [0.25, 0.3) is 11.6 Å². The van der Waals surface area contributed by atoms with Gasteiger partial charge in [-0.15, -0.1) is 5.11 Å². The fourth-order valence-corrected chi connectivity index (χ4v) is 2.56. The number of nitro benzene ring substituents is 1. The summed E-state index contributed by atoms with van der Waals surface area (Å²) in [4.78, 5) is 35.0. The van der Waals surface area contributed by atoms with Gasteiger partial charge in [-0.25, -0.2) is 0 Å². The third-order valence-corrected chi connectivity index (χ3v) is 4.03. The molecule has 0 fully saturated rings. The molecule has 0 bridgehead atoms. The molecular weight excluding hydrogens is 416 g/mol. The SMILES string of the molecule is CCOc1ccc(NC(=O)C(N=Nc2ccc(Cl)cc2[N+](=O)[O-])C(C)=O)c(OC)c1. The first-order valence-corrected chi connectivity index (χ1v) is 9.11. The Hall–Kier alpha value is -3.53. The van der Waals surface area contributed by atoms with Crippen molar-refractivity contribution in [3.05, 3.63) is 51.5 Å². The van der Waals surface area contributed by atoms with Crippen LogP contribution in [0.25, 0.3) is 0 Å². The van der Waals surface area contributed by atoms with Crippen molar-refractivity contribution in [3.63, 3.8) is 0 Å². The number of ketones is 1. The Morgan fingerprint density at radius 3 is 2.60 bits per heavy atom. The fraction of sp³-hybridized carbons (Fsp3) is 0.263. The minimum atomic E-state index is -1.52. The Labute approximate surface area is 177 Å². The van der Waals surface area contributed by atoms with Gasteiger partial charge in [-0.05, 0) is 38.1 Å². The van der Waals surface area contributed by atoms with Crippen molar-refractivity contribution >= 4 is 40.4 Å². The Morgan fingerprint density at radius 2 is 2.00 bits per heavy atom. The molecule has 1 amide bonds. The van der Waals surface area contributed by atoms with Crippen molar-refractivity contribution in [2.24, 2.45) is 10.2 Å². The van der Waals surface area contributed by atoms with Gasteiger partial charge in [0.2, 0.25) is 6.04 Å². The van der Waals surface area contributed by atoms with Crippen LogP contribution in [-0.2, 0) is 9.59 Å². The molecule has 0 saturated carbocycles. The number of carbonyl (C=O) groups is 2. The molecule has 0 aliphatic carbocycles. The number of nitrogens with zero attached hydrogens (tertiary/aromatic N) is 3. The summed E-state index contributed by atoms with van der Waals surface area (Å²) >= 11 is 5.76. The minimum absolute atomic E-state index is 0.137. The highest BCUT2D eigenvalue weighted by molar-refractivity contribution is 6.30. The largest absolute Gasteiger partial charge is 0.494 e. The van der Waals surface area contributed by atoms with Gasteiger partial charge in [0.15, 0.2) is 11.5 Å². The summed E-state index contributed by atoms with van der Waals surface area (Å²) < 4.78 is 10.6. The summed E-state index contributed by atoms with van der Waals surface area (Å²) in [5.41, 5.74) is -0.242. The molecule has 1 N–H and O–H groups in total. The molecule has 0 radical (unpaired) electrons. The lowest BCUT2D eigenvalue weighted by Gasteiger charge is -2.14. The quantitative estimate of drug-likeness (QED) is 0.270. The third kappa shape index (κ3) is 5.74. The van der Waals surface area contributed by atoms with Gasteiger partial charge in [0, 0.05) is 17.2 Å². The van der Waals surface area contributed by atoms with E-state index in [0.29, 0.717) is 23.8 Å². The number of anilines is 1. The van der Waals surface area contributed by atoms with Gasteiger partial charge in [0.05, 0.1) is 24.3 Å². The number of benzene rings is 2. The van der Waals surface area contributed by atoms with Crippen LogP contribution in [0.3, 0.4) is 0 Å². The predicted octanol–water partition coefficient (Wildman–Crippen LogP) is 4.34. The van der Waals surface area contributed by atoms with Gasteiger partial charge in [0.1, 0.15) is 11.5 Å². The summed E-state index contributed by atoms with van der Waals surface area (Å²) in [5, 5.41) is 21.3. The Kier molecular flexibility index (Phi) is 7.82. The lowest BCUT2D eigenvalue weighted by molar-refractivity contribution is -0.384. The number of methoxy groups -OCH3 is 1. The number of hydrogen-bond acceptors (Lipinski definition) is 8. The van der Waals surface area contributed by atoms with E-state index in [0.717, 1.165) is 13.0 Å². The number of rotatable bonds is 9. The van der Waals surface area contributed by atoms with Crippen LogP contribution in [0.15, 0.2) is 46.6 Å². The van der Waals surface area contributed by atoms with Crippen LogP contribution in [-0.4, -0.2) is 36.4 Å². The van der Waals surface area contributed by atoms with Gasteiger partial charge in [-0.1, -0.05) is 11.6 Å². The topological polar surface area (TPSA) is 132 Å². The zero-order chi connectivity index (χ0) is 22.3. The number of azo groups is 1. The number of Topliss-reactive ketones (excluding diaryl/α,β-unsaturated/α-hetero) is 1. The van der Waals surface area contributed by atoms with E-state index in [1.807, 2.05) is 6.92 Å². The molecule has 1 unspecified atom stereocenters. The standard InChI is InChI=1S/C19H19ClN4O6/c1-4-30-13-6-8-15(17(10-13)29-3)21-19(26)18(11(2)25)23-22-14-7-5-12(20)9-16(14)24(27)28/h5-10,18H,4H2,1-3H3,(H,21,26). The number of ether oxygens (including phenoxy) is 2. The van der Waals surface area contributed by atoms with Crippen molar-refractivity contribution in [2.75, 3.05) is 19.0 Å². The highest BCUT2D eigenvalue weighted by Crippen LogP contribution is 2.31. The van der Waals surface area contributed by atoms with E-state index in [9.17, 15) is 19.7 Å². The van der Waals surface area contributed by atoms with E-state index in [1.165, 1.54) is 19.2 Å². The van der Waals surface area contributed by atoms with Crippen molar-refractivity contribution in [2.45, 2.75) is 19.9 Å². The molecule has 2 aromatic rings. The van der Waals surface area contributed by atoms with E-state index < -0.39 is 28.3 Å². The van der Waals surface area contributed by atoms with Gasteiger partial charge >= 0.3 is 0 Å². The number of amides is 1. The van der Waals surface area contributed by atoms with E-state index in [2.05, 4.69) is 15.5 Å². The zero-order valence-electron chi connectivity index (χ0n) is 16.4. The minimum Gasteiger partial charge on any atom is -0.494 e. The van der Waals surface area contributed by atoms with Crippen molar-refractivity contribution < 1.29 is 24.0 Å². The van der Waals surface area contributed by atoms with Crippen molar-refractivity contribution in [1.29, 1.82) is 0 Å². The van der Waals surface area contributed by atoms with Gasteiger partial charge in [-0.3, -0.25) is 19.7 Å². The maximum Gasteiger partial charge on any atom is 0.298 e. The molecule has 0 aromatic heterocycles. The van der Waals surface area contributed by atoms with Crippen LogP contribution in [0.5, 0.6) is 11.5 Å². The zero-order valence-corrected chi connectivity index (χ0v) is 17.2. The number of carbonyl (C=O) groups excluding carboxylic acids is 2. The van der Waals surface area contributed by atoms with Crippen LogP contribution < -0.4 is 14.8 Å². The van der Waals surface area contributed by atoms with Crippen molar-refractivity contribution in [1.82, 2.24) is 0 Å². The van der Waals surface area contributed by atoms with E-state index in [1.54, 1.807) is 18.2 Å². The Balaban J connectivity index is 2.27. The van der Waals surface area contributed by atoms with Crippen LogP contribution in [0.2, 0.25) is 5.02 Å². The molecule has 11 heteroatoms. The molecule has 10 nitrogen and oxygen atoms in total. The summed E-state index contributed by atoms with van der Waals surface area (Å²) in [7, 11) is 1.42. The predicted molar refractivity (Wildman–Crippen MR) is 110 cm³/mol. The maximum absolute atomic E-state index is 12.6. The molecular formula is C19H19ClN4O6. The van der Waals surface area contributed by atoms with E-state index in [-0.39, 0.29) is 10.7 Å². The van der Waals surface area contributed by atoms with Crippen molar-refractivity contribution in [3.8, 4) is 11.5 Å². The lowest BCUT2D eigenvalue weighted by Crippen LogP contribution is -2.32. The average molecular weight is 435 g/mol. The van der Waals surface area contributed by atoms with Crippen LogP contribution in [0.4, 0.5) is 17.1 Å². The Bertz CT molecular complexity index is 995. The first-order valence-electron chi connectivity index (χ1n) is 8.73. The molecule has 2 rings (SSSR count). The molecule has 2 aromatic carbocycles. The summed E-state index contributed by atoms with van der Waals surface area (Å²) in [6.45, 7) is 3.45. The Morgan fingerprint density at radius 1 is 1.27 bits per heavy atom. The second-order valence-electron chi connectivity index (χ2n) is 5.90. The third-order valence-electron chi connectivity index (χ3n) is 3.79. The lowest BCUT2D eigenvalue weighted by atomic mass is 10.2. The summed E-state index contributed by atoms with van der Waals surface area (Å²) in [6.07, 6.45) is 0. The van der Waals surface area contributed by atoms with Crippen LogP contribution in [0, 0.1) is 10.1 Å². The monoisotopic (exact) mass is 434 g/mol.